The van der Waals surface area contributed by atoms with Gasteiger partial charge in [0.2, 0.25) is 0 Å². The maximum absolute atomic E-state index is 3.56. The first-order valence-corrected chi connectivity index (χ1v) is 7.69. The minimum atomic E-state index is 0.795. The van der Waals surface area contributed by atoms with Crippen LogP contribution in [0.1, 0.15) is 57.8 Å². The third-order valence-corrected chi connectivity index (χ3v) is 5.17. The number of hydrogen-bond acceptors (Lipinski definition) is 2. The fourth-order valence-electron chi connectivity index (χ4n) is 4.13. The van der Waals surface area contributed by atoms with Crippen LogP contribution >= 0.6 is 0 Å². The van der Waals surface area contributed by atoms with Gasteiger partial charge in [-0.25, -0.2) is 0 Å². The highest BCUT2D eigenvalue weighted by Crippen LogP contribution is 2.35. The summed E-state index contributed by atoms with van der Waals surface area (Å²) in [5, 5.41) is 7.11. The molecule has 0 aliphatic heterocycles. The molecular formula is C15H30N2. The molecule has 4 unspecified atom stereocenters. The zero-order valence-corrected chi connectivity index (χ0v) is 11.7. The van der Waals surface area contributed by atoms with E-state index >= 15 is 0 Å². The monoisotopic (exact) mass is 238 g/mol. The van der Waals surface area contributed by atoms with Crippen molar-refractivity contribution in [2.75, 3.05) is 14.1 Å². The van der Waals surface area contributed by atoms with Crippen molar-refractivity contribution in [2.45, 2.75) is 69.9 Å². The largest absolute Gasteiger partial charge is 0.317 e. The molecular weight excluding hydrogens is 208 g/mol. The Hall–Kier alpha value is -0.0800. The summed E-state index contributed by atoms with van der Waals surface area (Å²) in [6.45, 7) is 0. The molecule has 0 saturated heterocycles. The first-order valence-electron chi connectivity index (χ1n) is 7.69. The van der Waals surface area contributed by atoms with Crippen LogP contribution in [-0.4, -0.2) is 26.2 Å². The second-order valence-corrected chi connectivity index (χ2v) is 6.12. The van der Waals surface area contributed by atoms with Crippen LogP contribution in [0.15, 0.2) is 0 Å². The van der Waals surface area contributed by atoms with Gasteiger partial charge >= 0.3 is 0 Å². The lowest BCUT2D eigenvalue weighted by Crippen LogP contribution is -2.42. The molecule has 2 nitrogen and oxygen atoms in total. The van der Waals surface area contributed by atoms with Crippen LogP contribution in [0.25, 0.3) is 0 Å². The molecule has 0 aromatic heterocycles. The lowest BCUT2D eigenvalue weighted by molar-refractivity contribution is 0.176. The molecule has 0 aromatic rings. The van der Waals surface area contributed by atoms with Crippen molar-refractivity contribution in [2.24, 2.45) is 11.8 Å². The minimum absolute atomic E-state index is 0.795. The Morgan fingerprint density at radius 3 is 1.53 bits per heavy atom. The molecule has 17 heavy (non-hydrogen) atoms. The first-order chi connectivity index (χ1) is 8.35. The highest BCUT2D eigenvalue weighted by Gasteiger charge is 2.30. The summed E-state index contributed by atoms with van der Waals surface area (Å²) in [4.78, 5) is 0. The molecule has 0 radical (unpaired) electrons. The number of rotatable bonds is 4. The van der Waals surface area contributed by atoms with E-state index in [2.05, 4.69) is 24.7 Å². The van der Waals surface area contributed by atoms with E-state index in [0.29, 0.717) is 0 Å². The van der Waals surface area contributed by atoms with E-state index in [4.69, 9.17) is 0 Å². The van der Waals surface area contributed by atoms with Crippen molar-refractivity contribution in [3.05, 3.63) is 0 Å². The van der Waals surface area contributed by atoms with Gasteiger partial charge in [-0.05, 0) is 58.0 Å². The molecule has 2 fully saturated rings. The van der Waals surface area contributed by atoms with Gasteiger partial charge in [0.25, 0.3) is 0 Å². The Balaban J connectivity index is 1.88. The fraction of sp³-hybridized carbons (Fsp3) is 1.00. The Morgan fingerprint density at radius 2 is 1.12 bits per heavy atom. The van der Waals surface area contributed by atoms with E-state index in [1.54, 1.807) is 0 Å². The van der Waals surface area contributed by atoms with Crippen LogP contribution in [-0.2, 0) is 0 Å². The molecule has 2 aliphatic rings. The summed E-state index contributed by atoms with van der Waals surface area (Å²) in [5.74, 6) is 1.88. The van der Waals surface area contributed by atoms with Crippen LogP contribution in [0.2, 0.25) is 0 Å². The van der Waals surface area contributed by atoms with Crippen LogP contribution in [0.4, 0.5) is 0 Å². The topological polar surface area (TPSA) is 24.1 Å². The van der Waals surface area contributed by atoms with Crippen molar-refractivity contribution in [1.82, 2.24) is 10.6 Å². The summed E-state index contributed by atoms with van der Waals surface area (Å²) in [6, 6.07) is 1.59. The lowest BCUT2D eigenvalue weighted by Gasteiger charge is -2.38. The van der Waals surface area contributed by atoms with Gasteiger partial charge in [-0.15, -0.1) is 0 Å². The second-order valence-electron chi connectivity index (χ2n) is 6.12. The van der Waals surface area contributed by atoms with E-state index in [1.807, 2.05) is 0 Å². The quantitative estimate of drug-likeness (QED) is 0.787. The van der Waals surface area contributed by atoms with Crippen molar-refractivity contribution >= 4 is 0 Å². The van der Waals surface area contributed by atoms with Crippen LogP contribution < -0.4 is 10.6 Å². The smallest absolute Gasteiger partial charge is 0.00924 e. The van der Waals surface area contributed by atoms with E-state index in [9.17, 15) is 0 Å². The van der Waals surface area contributed by atoms with E-state index in [1.165, 1.54) is 57.8 Å². The molecule has 2 rings (SSSR count). The Labute approximate surface area is 107 Å². The van der Waals surface area contributed by atoms with Crippen molar-refractivity contribution < 1.29 is 0 Å². The lowest BCUT2D eigenvalue weighted by atomic mass is 9.73. The van der Waals surface area contributed by atoms with E-state index in [0.717, 1.165) is 23.9 Å². The molecule has 0 bridgehead atoms. The minimum Gasteiger partial charge on any atom is -0.317 e. The van der Waals surface area contributed by atoms with Gasteiger partial charge in [-0.3, -0.25) is 0 Å². The van der Waals surface area contributed by atoms with E-state index in [-0.39, 0.29) is 0 Å². The highest BCUT2D eigenvalue weighted by atomic mass is 14.9. The van der Waals surface area contributed by atoms with Gasteiger partial charge in [0.15, 0.2) is 0 Å². The molecule has 0 aromatic carbocycles. The van der Waals surface area contributed by atoms with Crippen LogP contribution in [0, 0.1) is 11.8 Å². The number of nitrogens with one attached hydrogen (secondary N) is 2. The Kier molecular flexibility index (Phi) is 5.30. The van der Waals surface area contributed by atoms with Crippen LogP contribution in [0.3, 0.4) is 0 Å². The SMILES string of the molecule is CNC1CCCCC1CC1CCCCC1NC. The molecule has 0 spiro atoms. The first kappa shape index (κ1) is 13.4. The van der Waals surface area contributed by atoms with Crippen LogP contribution in [0.5, 0.6) is 0 Å². The van der Waals surface area contributed by atoms with Crippen molar-refractivity contribution in [1.29, 1.82) is 0 Å². The maximum Gasteiger partial charge on any atom is 0.00924 e. The van der Waals surface area contributed by atoms with E-state index < -0.39 is 0 Å². The summed E-state index contributed by atoms with van der Waals surface area (Å²) in [6.07, 6.45) is 13.0. The maximum atomic E-state index is 3.56. The molecule has 0 heterocycles. The second kappa shape index (κ2) is 6.75. The summed E-state index contributed by atoms with van der Waals surface area (Å²) < 4.78 is 0. The highest BCUT2D eigenvalue weighted by molar-refractivity contribution is 4.87. The van der Waals surface area contributed by atoms with Gasteiger partial charge in [0.1, 0.15) is 0 Å². The summed E-state index contributed by atoms with van der Waals surface area (Å²) >= 11 is 0. The molecule has 2 saturated carbocycles. The average molecular weight is 238 g/mol. The normalized spacial score (nSPS) is 39.2. The molecule has 2 heteroatoms. The van der Waals surface area contributed by atoms with Gasteiger partial charge in [-0.2, -0.15) is 0 Å². The zero-order valence-electron chi connectivity index (χ0n) is 11.7. The van der Waals surface area contributed by atoms with Crippen molar-refractivity contribution in [3.63, 3.8) is 0 Å². The molecule has 4 atom stereocenters. The molecule has 2 N–H and O–H groups in total. The predicted octanol–water partition coefficient (Wildman–Crippen LogP) is 2.93. The van der Waals surface area contributed by atoms with Gasteiger partial charge in [0.05, 0.1) is 0 Å². The third kappa shape index (κ3) is 3.45. The zero-order chi connectivity index (χ0) is 12.1. The van der Waals surface area contributed by atoms with Gasteiger partial charge < -0.3 is 10.6 Å². The molecule has 2 aliphatic carbocycles. The van der Waals surface area contributed by atoms with Crippen molar-refractivity contribution in [3.8, 4) is 0 Å². The third-order valence-electron chi connectivity index (χ3n) is 5.17. The van der Waals surface area contributed by atoms with Gasteiger partial charge in [0, 0.05) is 12.1 Å². The Bertz CT molecular complexity index is 195. The average Bonchev–Trinajstić information content (AvgIpc) is 2.40. The fourth-order valence-corrected chi connectivity index (χ4v) is 4.13. The molecule has 100 valence electrons. The predicted molar refractivity (Wildman–Crippen MR) is 74.2 cm³/mol. The standard InChI is InChI=1S/C15H30N2/c1-16-14-9-5-3-7-12(14)11-13-8-4-6-10-15(13)17-2/h12-17H,3-11H2,1-2H3. The van der Waals surface area contributed by atoms with Gasteiger partial charge in [-0.1, -0.05) is 25.7 Å². The Morgan fingerprint density at radius 1 is 0.706 bits per heavy atom. The summed E-state index contributed by atoms with van der Waals surface area (Å²) in [5.41, 5.74) is 0. The number of hydrogen-bond donors (Lipinski definition) is 2. The summed E-state index contributed by atoms with van der Waals surface area (Å²) in [7, 11) is 4.30. The molecule has 0 amide bonds.